The molecule has 0 saturated heterocycles. The van der Waals surface area contributed by atoms with Crippen molar-refractivity contribution in [2.45, 2.75) is 39.7 Å². The molecule has 0 aromatic carbocycles. The number of aliphatic carboxylic acids is 1. The van der Waals surface area contributed by atoms with Crippen LogP contribution in [0.15, 0.2) is 6.33 Å². The molecule has 0 bridgehead atoms. The van der Waals surface area contributed by atoms with Gasteiger partial charge in [-0.3, -0.25) is 4.79 Å². The van der Waals surface area contributed by atoms with E-state index < -0.39 is 5.97 Å². The normalized spacial score (nSPS) is 10.9. The summed E-state index contributed by atoms with van der Waals surface area (Å²) in [6, 6.07) is 0. The van der Waals surface area contributed by atoms with Crippen LogP contribution in [0, 0.1) is 5.92 Å². The zero-order valence-corrected chi connectivity index (χ0v) is 9.18. The second-order valence-electron chi connectivity index (χ2n) is 4.00. The zero-order valence-electron chi connectivity index (χ0n) is 9.18. The highest BCUT2D eigenvalue weighted by Crippen LogP contribution is 2.04. The summed E-state index contributed by atoms with van der Waals surface area (Å²) < 4.78 is 1.85. The minimum Gasteiger partial charge on any atom is -0.481 e. The quantitative estimate of drug-likeness (QED) is 0.771. The maximum Gasteiger partial charge on any atom is 0.303 e. The predicted octanol–water partition coefficient (Wildman–Crippen LogP) is 1.34. The van der Waals surface area contributed by atoms with Gasteiger partial charge in [0.15, 0.2) is 0 Å². The summed E-state index contributed by atoms with van der Waals surface area (Å²) in [5.74, 6) is 0.639. The van der Waals surface area contributed by atoms with Crippen molar-refractivity contribution in [3.63, 3.8) is 0 Å². The van der Waals surface area contributed by atoms with E-state index in [1.807, 2.05) is 4.68 Å². The fourth-order valence-corrected chi connectivity index (χ4v) is 1.38. The van der Waals surface area contributed by atoms with Gasteiger partial charge in [-0.25, -0.2) is 9.67 Å². The van der Waals surface area contributed by atoms with Crippen LogP contribution in [-0.2, 0) is 17.8 Å². The number of aromatic nitrogens is 3. The van der Waals surface area contributed by atoms with Crippen LogP contribution in [0.2, 0.25) is 0 Å². The number of carbonyl (C=O) groups is 1. The van der Waals surface area contributed by atoms with Gasteiger partial charge in [-0.1, -0.05) is 13.8 Å². The van der Waals surface area contributed by atoms with E-state index >= 15 is 0 Å². The van der Waals surface area contributed by atoms with Gasteiger partial charge in [0.05, 0.1) is 0 Å². The van der Waals surface area contributed by atoms with Crippen molar-refractivity contribution in [2.24, 2.45) is 5.92 Å². The average molecular weight is 211 g/mol. The number of carboxylic acid groups (broad SMARTS) is 1. The minimum atomic E-state index is -0.759. The first-order valence-corrected chi connectivity index (χ1v) is 5.18. The Bertz CT molecular complexity index is 320. The van der Waals surface area contributed by atoms with Crippen LogP contribution in [0.25, 0.3) is 0 Å². The molecule has 15 heavy (non-hydrogen) atoms. The first-order chi connectivity index (χ1) is 7.09. The number of rotatable bonds is 6. The van der Waals surface area contributed by atoms with E-state index in [4.69, 9.17) is 5.11 Å². The monoisotopic (exact) mass is 211 g/mol. The molecule has 0 fully saturated rings. The zero-order chi connectivity index (χ0) is 11.3. The molecule has 0 aliphatic carbocycles. The summed E-state index contributed by atoms with van der Waals surface area (Å²) in [6.07, 6.45) is 3.01. The van der Waals surface area contributed by atoms with Gasteiger partial charge in [0.25, 0.3) is 0 Å². The van der Waals surface area contributed by atoms with Crippen LogP contribution in [0.1, 0.15) is 32.5 Å². The van der Waals surface area contributed by atoms with Gasteiger partial charge in [0.2, 0.25) is 0 Å². The maximum absolute atomic E-state index is 10.3. The number of aryl methyl sites for hydroxylation is 1. The van der Waals surface area contributed by atoms with Crippen LogP contribution < -0.4 is 0 Å². The molecule has 5 nitrogen and oxygen atoms in total. The smallest absolute Gasteiger partial charge is 0.303 e. The molecule has 0 atom stereocenters. The molecule has 1 aromatic rings. The molecule has 1 heterocycles. The molecule has 0 aliphatic rings. The minimum absolute atomic E-state index is 0.189. The molecule has 0 spiro atoms. The van der Waals surface area contributed by atoms with E-state index in [-0.39, 0.29) is 6.42 Å². The number of hydrogen-bond donors (Lipinski definition) is 1. The van der Waals surface area contributed by atoms with E-state index in [0.717, 1.165) is 12.4 Å². The van der Waals surface area contributed by atoms with Crippen LogP contribution in [0.4, 0.5) is 0 Å². The maximum atomic E-state index is 10.3. The number of hydrogen-bond acceptors (Lipinski definition) is 3. The van der Waals surface area contributed by atoms with Gasteiger partial charge in [-0.2, -0.15) is 5.10 Å². The fourth-order valence-electron chi connectivity index (χ4n) is 1.38. The van der Waals surface area contributed by atoms with Crippen molar-refractivity contribution in [1.29, 1.82) is 0 Å². The highest BCUT2D eigenvalue weighted by atomic mass is 16.4. The lowest BCUT2D eigenvalue weighted by Crippen LogP contribution is -2.10. The van der Waals surface area contributed by atoms with Crippen molar-refractivity contribution >= 4 is 5.97 Å². The Morgan fingerprint density at radius 1 is 1.60 bits per heavy atom. The SMILES string of the molecule is CC(C)Cn1ncnc1CCCC(=O)O. The van der Waals surface area contributed by atoms with Gasteiger partial charge in [0, 0.05) is 19.4 Å². The summed E-state index contributed by atoms with van der Waals surface area (Å²) >= 11 is 0. The lowest BCUT2D eigenvalue weighted by molar-refractivity contribution is -0.137. The molecule has 5 heteroatoms. The molecular weight excluding hydrogens is 194 g/mol. The van der Waals surface area contributed by atoms with Crippen molar-refractivity contribution in [3.8, 4) is 0 Å². The summed E-state index contributed by atoms with van der Waals surface area (Å²) in [5, 5.41) is 12.6. The third-order valence-corrected chi connectivity index (χ3v) is 2.02. The molecule has 0 unspecified atom stereocenters. The van der Waals surface area contributed by atoms with E-state index in [1.54, 1.807) is 0 Å². The molecule has 84 valence electrons. The fraction of sp³-hybridized carbons (Fsp3) is 0.700. The Labute approximate surface area is 89.1 Å². The van der Waals surface area contributed by atoms with Crippen LogP contribution in [0.5, 0.6) is 0 Å². The van der Waals surface area contributed by atoms with Crippen molar-refractivity contribution in [2.75, 3.05) is 0 Å². The summed E-state index contributed by atoms with van der Waals surface area (Å²) in [7, 11) is 0. The number of nitrogens with zero attached hydrogens (tertiary/aromatic N) is 3. The van der Waals surface area contributed by atoms with Gasteiger partial charge < -0.3 is 5.11 Å². The van der Waals surface area contributed by atoms with Crippen LogP contribution >= 0.6 is 0 Å². The van der Waals surface area contributed by atoms with E-state index in [9.17, 15) is 4.79 Å². The van der Waals surface area contributed by atoms with Crippen molar-refractivity contribution in [1.82, 2.24) is 14.8 Å². The topological polar surface area (TPSA) is 68.0 Å². The van der Waals surface area contributed by atoms with E-state index in [0.29, 0.717) is 18.8 Å². The van der Waals surface area contributed by atoms with Crippen molar-refractivity contribution < 1.29 is 9.90 Å². The molecule has 1 N–H and O–H groups in total. The predicted molar refractivity (Wildman–Crippen MR) is 55.4 cm³/mol. The third-order valence-electron chi connectivity index (χ3n) is 2.02. The lowest BCUT2D eigenvalue weighted by atomic mass is 10.2. The molecule has 0 saturated carbocycles. The van der Waals surface area contributed by atoms with Crippen LogP contribution in [0.3, 0.4) is 0 Å². The standard InChI is InChI=1S/C10H17N3O2/c1-8(2)6-13-9(11-7-12-13)4-3-5-10(14)15/h7-8H,3-6H2,1-2H3,(H,14,15). The second kappa shape index (κ2) is 5.48. The molecule has 0 radical (unpaired) electrons. The molecule has 0 amide bonds. The Hall–Kier alpha value is -1.39. The lowest BCUT2D eigenvalue weighted by Gasteiger charge is -2.07. The summed E-state index contributed by atoms with van der Waals surface area (Å²) in [5.41, 5.74) is 0. The molecule has 1 aromatic heterocycles. The highest BCUT2D eigenvalue weighted by molar-refractivity contribution is 5.66. The van der Waals surface area contributed by atoms with Crippen molar-refractivity contribution in [3.05, 3.63) is 12.2 Å². The Morgan fingerprint density at radius 3 is 2.93 bits per heavy atom. The Kier molecular flexibility index (Phi) is 4.27. The highest BCUT2D eigenvalue weighted by Gasteiger charge is 2.06. The second-order valence-corrected chi connectivity index (χ2v) is 4.00. The first kappa shape index (κ1) is 11.7. The Balaban J connectivity index is 2.46. The largest absolute Gasteiger partial charge is 0.481 e. The summed E-state index contributed by atoms with van der Waals surface area (Å²) in [4.78, 5) is 14.5. The Morgan fingerprint density at radius 2 is 2.33 bits per heavy atom. The van der Waals surface area contributed by atoms with E-state index in [1.165, 1.54) is 6.33 Å². The molecule has 1 rings (SSSR count). The van der Waals surface area contributed by atoms with Gasteiger partial charge in [-0.15, -0.1) is 0 Å². The molecule has 0 aliphatic heterocycles. The van der Waals surface area contributed by atoms with Gasteiger partial charge in [0.1, 0.15) is 12.2 Å². The molecular formula is C10H17N3O2. The van der Waals surface area contributed by atoms with E-state index in [2.05, 4.69) is 23.9 Å². The summed E-state index contributed by atoms with van der Waals surface area (Å²) in [6.45, 7) is 5.06. The van der Waals surface area contributed by atoms with Gasteiger partial charge >= 0.3 is 5.97 Å². The number of carboxylic acids is 1. The van der Waals surface area contributed by atoms with Gasteiger partial charge in [-0.05, 0) is 12.3 Å². The average Bonchev–Trinajstić information content (AvgIpc) is 2.51. The third kappa shape index (κ3) is 4.10. The first-order valence-electron chi connectivity index (χ1n) is 5.18. The van der Waals surface area contributed by atoms with Crippen LogP contribution in [-0.4, -0.2) is 25.8 Å².